The van der Waals surface area contributed by atoms with Gasteiger partial charge in [-0.05, 0) is 13.8 Å². The SMILES string of the molecule is CCOCCS(=O)(=O)NC(C(=O)O)C(C)O. The molecule has 0 aromatic heterocycles. The fraction of sp³-hybridized carbons (Fsp3) is 0.875. The summed E-state index contributed by atoms with van der Waals surface area (Å²) in [7, 11) is -3.76. The van der Waals surface area contributed by atoms with Crippen molar-refractivity contribution < 1.29 is 28.2 Å². The van der Waals surface area contributed by atoms with Gasteiger partial charge in [0.25, 0.3) is 0 Å². The van der Waals surface area contributed by atoms with Crippen LogP contribution in [-0.2, 0) is 19.6 Å². The molecule has 7 nitrogen and oxygen atoms in total. The Labute approximate surface area is 94.5 Å². The molecule has 0 rings (SSSR count). The highest BCUT2D eigenvalue weighted by Gasteiger charge is 2.27. The number of hydrogen-bond acceptors (Lipinski definition) is 5. The van der Waals surface area contributed by atoms with E-state index in [1.54, 1.807) is 6.92 Å². The number of aliphatic hydroxyl groups is 1. The molecule has 0 spiro atoms. The molecule has 0 aliphatic rings. The van der Waals surface area contributed by atoms with E-state index in [2.05, 4.69) is 0 Å². The van der Waals surface area contributed by atoms with Crippen LogP contribution >= 0.6 is 0 Å². The Morgan fingerprint density at radius 2 is 2.06 bits per heavy atom. The first kappa shape index (κ1) is 15.3. The molecule has 0 aliphatic heterocycles. The molecule has 2 atom stereocenters. The molecule has 0 saturated heterocycles. The number of ether oxygens (including phenoxy) is 1. The standard InChI is InChI=1S/C8H17NO6S/c1-3-15-4-5-16(13,14)9-7(6(2)10)8(11)12/h6-7,9-10H,3-5H2,1-2H3,(H,11,12). The molecule has 0 bridgehead atoms. The van der Waals surface area contributed by atoms with E-state index in [0.717, 1.165) is 0 Å². The van der Waals surface area contributed by atoms with E-state index < -0.39 is 28.1 Å². The van der Waals surface area contributed by atoms with Crippen LogP contribution in [0.4, 0.5) is 0 Å². The molecule has 3 N–H and O–H groups in total. The van der Waals surface area contributed by atoms with Gasteiger partial charge < -0.3 is 14.9 Å². The maximum Gasteiger partial charge on any atom is 0.324 e. The van der Waals surface area contributed by atoms with Crippen LogP contribution in [0.15, 0.2) is 0 Å². The summed E-state index contributed by atoms with van der Waals surface area (Å²) in [5.41, 5.74) is 0. The summed E-state index contributed by atoms with van der Waals surface area (Å²) < 4.78 is 29.5. The first-order valence-electron chi connectivity index (χ1n) is 4.78. The molecular formula is C8H17NO6S. The van der Waals surface area contributed by atoms with Crippen LogP contribution in [0.25, 0.3) is 0 Å². The third-order valence-electron chi connectivity index (χ3n) is 1.76. The van der Waals surface area contributed by atoms with Gasteiger partial charge in [-0.3, -0.25) is 4.79 Å². The molecular weight excluding hydrogens is 238 g/mol. The highest BCUT2D eigenvalue weighted by atomic mass is 32.2. The molecule has 0 aromatic carbocycles. The number of aliphatic hydroxyl groups excluding tert-OH is 1. The molecule has 16 heavy (non-hydrogen) atoms. The first-order valence-corrected chi connectivity index (χ1v) is 6.44. The van der Waals surface area contributed by atoms with Crippen molar-refractivity contribution in [1.82, 2.24) is 4.72 Å². The monoisotopic (exact) mass is 255 g/mol. The lowest BCUT2D eigenvalue weighted by atomic mass is 10.2. The number of carboxylic acid groups (broad SMARTS) is 1. The van der Waals surface area contributed by atoms with Crippen molar-refractivity contribution in [2.75, 3.05) is 19.0 Å². The minimum Gasteiger partial charge on any atom is -0.480 e. The summed E-state index contributed by atoms with van der Waals surface area (Å²) in [6, 6.07) is -1.54. The maximum atomic E-state index is 11.4. The Bertz CT molecular complexity index is 312. The van der Waals surface area contributed by atoms with Gasteiger partial charge in [-0.1, -0.05) is 0 Å². The topological polar surface area (TPSA) is 113 Å². The zero-order valence-electron chi connectivity index (χ0n) is 9.21. The van der Waals surface area contributed by atoms with Crippen LogP contribution in [-0.4, -0.2) is 55.7 Å². The van der Waals surface area contributed by atoms with Gasteiger partial charge in [-0.25, -0.2) is 8.42 Å². The molecule has 96 valence electrons. The number of carboxylic acids is 1. The molecule has 0 aromatic rings. The second kappa shape index (κ2) is 6.79. The predicted molar refractivity (Wildman–Crippen MR) is 56.5 cm³/mol. The number of rotatable bonds is 8. The minimum absolute atomic E-state index is 0.0159. The van der Waals surface area contributed by atoms with E-state index in [1.807, 2.05) is 4.72 Å². The summed E-state index contributed by atoms with van der Waals surface area (Å²) in [6.45, 7) is 3.28. The van der Waals surface area contributed by atoms with Crippen molar-refractivity contribution in [3.63, 3.8) is 0 Å². The van der Waals surface area contributed by atoms with E-state index in [0.29, 0.717) is 6.61 Å². The van der Waals surface area contributed by atoms with E-state index >= 15 is 0 Å². The molecule has 2 unspecified atom stereocenters. The zero-order valence-corrected chi connectivity index (χ0v) is 10.0. The minimum atomic E-state index is -3.76. The van der Waals surface area contributed by atoms with Gasteiger partial charge in [0.05, 0.1) is 18.5 Å². The van der Waals surface area contributed by atoms with Gasteiger partial charge in [-0.15, -0.1) is 0 Å². The number of sulfonamides is 1. The molecule has 0 fully saturated rings. The summed E-state index contributed by atoms with van der Waals surface area (Å²) in [5.74, 6) is -1.76. The van der Waals surface area contributed by atoms with Gasteiger partial charge in [0, 0.05) is 6.61 Å². The highest BCUT2D eigenvalue weighted by Crippen LogP contribution is 1.97. The molecule has 8 heteroatoms. The molecule has 0 saturated carbocycles. The largest absolute Gasteiger partial charge is 0.480 e. The molecule has 0 aliphatic carbocycles. The Morgan fingerprint density at radius 1 is 1.50 bits per heavy atom. The Kier molecular flexibility index (Phi) is 6.49. The summed E-state index contributed by atoms with van der Waals surface area (Å²) in [4.78, 5) is 10.6. The van der Waals surface area contributed by atoms with Crippen molar-refractivity contribution in [2.24, 2.45) is 0 Å². The Hall–Kier alpha value is -0.700. The zero-order chi connectivity index (χ0) is 12.8. The summed E-state index contributed by atoms with van der Waals surface area (Å²) in [6.07, 6.45) is -1.31. The van der Waals surface area contributed by atoms with E-state index in [4.69, 9.17) is 14.9 Å². The van der Waals surface area contributed by atoms with Gasteiger partial charge >= 0.3 is 5.97 Å². The quantitative estimate of drug-likeness (QED) is 0.468. The summed E-state index contributed by atoms with van der Waals surface area (Å²) in [5, 5.41) is 17.7. The summed E-state index contributed by atoms with van der Waals surface area (Å²) >= 11 is 0. The average molecular weight is 255 g/mol. The van der Waals surface area contributed by atoms with Crippen molar-refractivity contribution in [2.45, 2.75) is 26.0 Å². The van der Waals surface area contributed by atoms with Gasteiger partial charge in [0.15, 0.2) is 0 Å². The van der Waals surface area contributed by atoms with Crippen molar-refractivity contribution in [3.8, 4) is 0 Å². The Balaban J connectivity index is 4.37. The maximum absolute atomic E-state index is 11.4. The number of aliphatic carboxylic acids is 1. The molecule has 0 radical (unpaired) electrons. The first-order chi connectivity index (χ1) is 7.30. The lowest BCUT2D eigenvalue weighted by Crippen LogP contribution is -2.48. The fourth-order valence-electron chi connectivity index (χ4n) is 0.921. The van der Waals surface area contributed by atoms with Crippen LogP contribution in [0.5, 0.6) is 0 Å². The van der Waals surface area contributed by atoms with E-state index in [9.17, 15) is 13.2 Å². The van der Waals surface area contributed by atoms with Crippen molar-refractivity contribution in [1.29, 1.82) is 0 Å². The normalized spacial score (nSPS) is 15.7. The van der Waals surface area contributed by atoms with Crippen molar-refractivity contribution >= 4 is 16.0 Å². The van der Waals surface area contributed by atoms with Gasteiger partial charge in [0.2, 0.25) is 10.0 Å². The van der Waals surface area contributed by atoms with Gasteiger partial charge in [-0.2, -0.15) is 4.72 Å². The number of nitrogens with one attached hydrogen (secondary N) is 1. The number of hydrogen-bond donors (Lipinski definition) is 3. The highest BCUT2D eigenvalue weighted by molar-refractivity contribution is 7.89. The van der Waals surface area contributed by atoms with Crippen LogP contribution in [0.1, 0.15) is 13.8 Å². The number of carbonyl (C=O) groups is 1. The van der Waals surface area contributed by atoms with E-state index in [1.165, 1.54) is 6.92 Å². The fourth-order valence-corrected chi connectivity index (χ4v) is 2.06. The smallest absolute Gasteiger partial charge is 0.324 e. The van der Waals surface area contributed by atoms with Gasteiger partial charge in [0.1, 0.15) is 6.04 Å². The van der Waals surface area contributed by atoms with Crippen molar-refractivity contribution in [3.05, 3.63) is 0 Å². The average Bonchev–Trinajstić information content (AvgIpc) is 2.13. The lowest BCUT2D eigenvalue weighted by Gasteiger charge is -2.16. The third-order valence-corrected chi connectivity index (χ3v) is 3.07. The Morgan fingerprint density at radius 3 is 2.44 bits per heavy atom. The van der Waals surface area contributed by atoms with E-state index in [-0.39, 0.29) is 12.4 Å². The lowest BCUT2D eigenvalue weighted by molar-refractivity contribution is -0.141. The molecule has 0 heterocycles. The second-order valence-electron chi connectivity index (χ2n) is 3.19. The van der Waals surface area contributed by atoms with Crippen LogP contribution in [0.3, 0.4) is 0 Å². The molecule has 0 amide bonds. The second-order valence-corrected chi connectivity index (χ2v) is 5.06. The third kappa shape index (κ3) is 6.01. The van der Waals surface area contributed by atoms with Crippen LogP contribution in [0.2, 0.25) is 0 Å². The van der Waals surface area contributed by atoms with Crippen LogP contribution < -0.4 is 4.72 Å². The van der Waals surface area contributed by atoms with Crippen LogP contribution in [0, 0.1) is 0 Å². The predicted octanol–water partition coefficient (Wildman–Crippen LogP) is -1.22.